The Morgan fingerprint density at radius 1 is 1.25 bits per heavy atom. The lowest BCUT2D eigenvalue weighted by Crippen LogP contribution is -2.64. The second-order valence-electron chi connectivity index (χ2n) is 6.71. The number of nitrogens with zero attached hydrogens (tertiary/aromatic N) is 1. The molecule has 0 amide bonds. The average Bonchev–Trinajstić information content (AvgIpc) is 2.88. The zero-order chi connectivity index (χ0) is 14.0. The van der Waals surface area contributed by atoms with Gasteiger partial charge in [-0.1, -0.05) is 19.3 Å². The Labute approximate surface area is 122 Å². The Balaban J connectivity index is 1.77. The van der Waals surface area contributed by atoms with E-state index in [0.717, 1.165) is 32.5 Å². The van der Waals surface area contributed by atoms with E-state index >= 15 is 0 Å². The zero-order valence-corrected chi connectivity index (χ0v) is 12.7. The first-order valence-corrected chi connectivity index (χ1v) is 8.42. The van der Waals surface area contributed by atoms with E-state index in [2.05, 4.69) is 10.2 Å². The summed E-state index contributed by atoms with van der Waals surface area (Å²) in [7, 11) is 0. The summed E-state index contributed by atoms with van der Waals surface area (Å²) in [6.07, 6.45) is 8.45. The van der Waals surface area contributed by atoms with Crippen molar-refractivity contribution in [2.75, 3.05) is 26.2 Å². The second kappa shape index (κ2) is 6.02. The molecule has 0 aromatic carbocycles. The van der Waals surface area contributed by atoms with Crippen LogP contribution in [0.5, 0.6) is 0 Å². The fourth-order valence-corrected chi connectivity index (χ4v) is 4.37. The Bertz CT molecular complexity index is 354. The molecule has 3 rings (SSSR count). The molecule has 1 saturated carbocycles. The van der Waals surface area contributed by atoms with Gasteiger partial charge in [-0.3, -0.25) is 10.1 Å². The van der Waals surface area contributed by atoms with Gasteiger partial charge < -0.3 is 9.64 Å². The molecule has 4 heteroatoms. The van der Waals surface area contributed by atoms with Crippen LogP contribution in [0.25, 0.3) is 0 Å². The fourth-order valence-electron chi connectivity index (χ4n) is 4.37. The van der Waals surface area contributed by atoms with Gasteiger partial charge in [0.05, 0.1) is 6.61 Å². The van der Waals surface area contributed by atoms with E-state index in [0.29, 0.717) is 18.6 Å². The molecule has 1 aliphatic carbocycles. The number of piperidine rings is 1. The lowest BCUT2D eigenvalue weighted by atomic mass is 9.77. The highest BCUT2D eigenvalue weighted by Crippen LogP contribution is 2.38. The number of fused-ring (bicyclic) bond motifs is 2. The predicted octanol–water partition coefficient (Wildman–Crippen LogP) is 1.94. The van der Waals surface area contributed by atoms with Crippen LogP contribution in [0.3, 0.4) is 0 Å². The molecule has 20 heavy (non-hydrogen) atoms. The van der Waals surface area contributed by atoms with Crippen molar-refractivity contribution >= 4 is 5.97 Å². The molecule has 0 spiro atoms. The lowest BCUT2D eigenvalue weighted by molar-refractivity contribution is -0.156. The van der Waals surface area contributed by atoms with E-state index in [4.69, 9.17) is 4.74 Å². The third-order valence-corrected chi connectivity index (χ3v) is 5.50. The third-order valence-electron chi connectivity index (χ3n) is 5.50. The number of esters is 1. The Morgan fingerprint density at radius 2 is 2.05 bits per heavy atom. The molecule has 4 nitrogen and oxygen atoms in total. The van der Waals surface area contributed by atoms with Crippen LogP contribution >= 0.6 is 0 Å². The minimum absolute atomic E-state index is 0.0112. The largest absolute Gasteiger partial charge is 0.465 e. The zero-order valence-electron chi connectivity index (χ0n) is 12.7. The van der Waals surface area contributed by atoms with Crippen LogP contribution < -0.4 is 5.32 Å². The lowest BCUT2D eigenvalue weighted by Gasteiger charge is -2.44. The molecule has 2 saturated heterocycles. The fraction of sp³-hybridized carbons (Fsp3) is 0.938. The van der Waals surface area contributed by atoms with Crippen molar-refractivity contribution in [3.8, 4) is 0 Å². The van der Waals surface area contributed by atoms with Gasteiger partial charge in [0.25, 0.3) is 0 Å². The molecule has 2 bridgehead atoms. The molecule has 0 aromatic heterocycles. The molecular formula is C16H28N2O2. The van der Waals surface area contributed by atoms with Crippen LogP contribution in [0.4, 0.5) is 0 Å². The monoisotopic (exact) mass is 280 g/mol. The minimum Gasteiger partial charge on any atom is -0.465 e. The first-order chi connectivity index (χ1) is 9.74. The number of rotatable bonds is 4. The maximum atomic E-state index is 12.7. The van der Waals surface area contributed by atoms with E-state index in [1.807, 2.05) is 6.92 Å². The minimum atomic E-state index is -0.398. The van der Waals surface area contributed by atoms with Crippen molar-refractivity contribution in [1.29, 1.82) is 0 Å². The van der Waals surface area contributed by atoms with Crippen LogP contribution in [-0.2, 0) is 9.53 Å². The van der Waals surface area contributed by atoms with Crippen LogP contribution in [0, 0.1) is 5.92 Å². The maximum absolute atomic E-state index is 12.7. The highest BCUT2D eigenvalue weighted by atomic mass is 16.5. The van der Waals surface area contributed by atoms with Crippen molar-refractivity contribution < 1.29 is 9.53 Å². The Hall–Kier alpha value is -0.610. The van der Waals surface area contributed by atoms with Crippen molar-refractivity contribution in [3.63, 3.8) is 0 Å². The van der Waals surface area contributed by atoms with Gasteiger partial charge in [0.1, 0.15) is 5.54 Å². The number of hydrogen-bond acceptors (Lipinski definition) is 4. The molecule has 114 valence electrons. The summed E-state index contributed by atoms with van der Waals surface area (Å²) < 4.78 is 5.46. The number of carbonyl (C=O) groups excluding carboxylic acids is 1. The summed E-state index contributed by atoms with van der Waals surface area (Å²) in [5, 5.41) is 3.78. The van der Waals surface area contributed by atoms with Gasteiger partial charge in [-0.05, 0) is 39.2 Å². The topological polar surface area (TPSA) is 41.6 Å². The van der Waals surface area contributed by atoms with Gasteiger partial charge in [-0.15, -0.1) is 0 Å². The molecular weight excluding hydrogens is 252 g/mol. The molecule has 2 heterocycles. The van der Waals surface area contributed by atoms with Crippen molar-refractivity contribution in [2.45, 2.75) is 63.5 Å². The number of hydrogen-bond donors (Lipinski definition) is 1. The number of nitrogens with one attached hydrogen (secondary N) is 1. The average molecular weight is 280 g/mol. The summed E-state index contributed by atoms with van der Waals surface area (Å²) in [6.45, 7) is 5.66. The van der Waals surface area contributed by atoms with Crippen molar-refractivity contribution in [2.24, 2.45) is 5.92 Å². The van der Waals surface area contributed by atoms with Gasteiger partial charge in [0, 0.05) is 25.0 Å². The van der Waals surface area contributed by atoms with Gasteiger partial charge in [0.2, 0.25) is 0 Å². The summed E-state index contributed by atoms with van der Waals surface area (Å²) in [6, 6.07) is 0.514. The maximum Gasteiger partial charge on any atom is 0.326 e. The van der Waals surface area contributed by atoms with E-state index in [1.165, 1.54) is 32.1 Å². The third kappa shape index (κ3) is 2.60. The molecule has 3 atom stereocenters. The molecule has 2 aliphatic heterocycles. The smallest absolute Gasteiger partial charge is 0.326 e. The molecule has 1 N–H and O–H groups in total. The summed E-state index contributed by atoms with van der Waals surface area (Å²) in [4.78, 5) is 15.2. The summed E-state index contributed by atoms with van der Waals surface area (Å²) >= 11 is 0. The van der Waals surface area contributed by atoms with Crippen LogP contribution in [-0.4, -0.2) is 48.7 Å². The summed E-state index contributed by atoms with van der Waals surface area (Å²) in [5.41, 5.74) is -0.398. The normalized spacial score (nSPS) is 37.9. The Kier molecular flexibility index (Phi) is 4.32. The van der Waals surface area contributed by atoms with E-state index in [9.17, 15) is 4.79 Å². The Morgan fingerprint density at radius 3 is 2.80 bits per heavy atom. The van der Waals surface area contributed by atoms with Gasteiger partial charge >= 0.3 is 5.97 Å². The number of carbonyl (C=O) groups is 1. The van der Waals surface area contributed by atoms with Gasteiger partial charge in [-0.25, -0.2) is 0 Å². The van der Waals surface area contributed by atoms with Crippen molar-refractivity contribution in [3.05, 3.63) is 0 Å². The van der Waals surface area contributed by atoms with Crippen LogP contribution in [0.1, 0.15) is 51.9 Å². The second-order valence-corrected chi connectivity index (χ2v) is 6.71. The summed E-state index contributed by atoms with van der Waals surface area (Å²) in [5.74, 6) is 0.453. The first-order valence-electron chi connectivity index (χ1n) is 8.42. The van der Waals surface area contributed by atoms with E-state index < -0.39 is 5.54 Å². The molecule has 3 fully saturated rings. The van der Waals surface area contributed by atoms with Crippen molar-refractivity contribution in [1.82, 2.24) is 10.2 Å². The van der Waals surface area contributed by atoms with E-state index in [-0.39, 0.29) is 5.97 Å². The predicted molar refractivity (Wildman–Crippen MR) is 78.5 cm³/mol. The van der Waals surface area contributed by atoms with Gasteiger partial charge in [0.15, 0.2) is 0 Å². The number of ether oxygens (including phenoxy) is 1. The van der Waals surface area contributed by atoms with Crippen LogP contribution in [0.15, 0.2) is 0 Å². The standard InChI is InChI=1S/C16H28N2O2/c1-2-20-15(19)16(17-14-6-4-3-5-7-14)9-11-18-10-8-13(16)12-18/h13-14,17H,2-12H2,1H3. The molecule has 3 aliphatic rings. The van der Waals surface area contributed by atoms with E-state index in [1.54, 1.807) is 0 Å². The molecule has 0 aromatic rings. The van der Waals surface area contributed by atoms with Crippen LogP contribution in [0.2, 0.25) is 0 Å². The molecule has 0 radical (unpaired) electrons. The first kappa shape index (κ1) is 14.3. The SMILES string of the molecule is CCOC(=O)C1(NC2CCCCC2)CCN2CCC1C2. The quantitative estimate of drug-likeness (QED) is 0.799. The van der Waals surface area contributed by atoms with Gasteiger partial charge in [-0.2, -0.15) is 0 Å². The highest BCUT2D eigenvalue weighted by molar-refractivity contribution is 5.82. The molecule has 3 unspecified atom stereocenters. The highest BCUT2D eigenvalue weighted by Gasteiger charge is 2.53.